The van der Waals surface area contributed by atoms with Gasteiger partial charge in [-0.2, -0.15) is 18.3 Å². The third kappa shape index (κ3) is 5.25. The van der Waals surface area contributed by atoms with Gasteiger partial charge >= 0.3 is 6.18 Å². The van der Waals surface area contributed by atoms with Crippen molar-refractivity contribution < 1.29 is 18.0 Å². The van der Waals surface area contributed by atoms with Gasteiger partial charge in [0.25, 0.3) is 5.91 Å². The maximum atomic E-state index is 13.0. The molecule has 1 N–H and O–H groups in total. The van der Waals surface area contributed by atoms with Crippen LogP contribution in [0.4, 0.5) is 18.9 Å². The van der Waals surface area contributed by atoms with Gasteiger partial charge in [-0.1, -0.05) is 50.2 Å². The second kappa shape index (κ2) is 9.10. The van der Waals surface area contributed by atoms with Crippen LogP contribution in [0.3, 0.4) is 0 Å². The highest BCUT2D eigenvalue weighted by Gasteiger charge is 2.31. The number of anilines is 1. The standard InChI is InChI=1S/C26H24F3N3O/c1-17(2)19-8-6-18(7-9-19)14-30-31-25(33)20-10-11-21-15-32(16-22(21)12-20)24-5-3-4-23(13-24)26(27,28)29/h3-14,17H,15-16H2,1-2H3,(H,31,33)/b30-14+. The first kappa shape index (κ1) is 22.6. The largest absolute Gasteiger partial charge is 0.416 e. The summed E-state index contributed by atoms with van der Waals surface area (Å²) in [6, 6.07) is 18.6. The molecule has 0 fully saturated rings. The van der Waals surface area contributed by atoms with Crippen molar-refractivity contribution in [1.82, 2.24) is 5.43 Å². The van der Waals surface area contributed by atoms with E-state index in [1.807, 2.05) is 35.2 Å². The average molecular weight is 451 g/mol. The Morgan fingerprint density at radius 3 is 2.42 bits per heavy atom. The molecule has 0 aliphatic carbocycles. The maximum absolute atomic E-state index is 13.0. The molecule has 1 heterocycles. The zero-order chi connectivity index (χ0) is 23.6. The van der Waals surface area contributed by atoms with Crippen molar-refractivity contribution in [3.63, 3.8) is 0 Å². The van der Waals surface area contributed by atoms with E-state index in [9.17, 15) is 18.0 Å². The predicted octanol–water partition coefficient (Wildman–Crippen LogP) is 6.11. The van der Waals surface area contributed by atoms with E-state index < -0.39 is 11.7 Å². The fourth-order valence-electron chi connectivity index (χ4n) is 3.79. The lowest BCUT2D eigenvalue weighted by Crippen LogP contribution is -2.18. The number of carbonyl (C=O) groups is 1. The molecule has 4 rings (SSSR count). The monoisotopic (exact) mass is 451 g/mol. The maximum Gasteiger partial charge on any atom is 0.416 e. The molecular formula is C26H24F3N3O. The van der Waals surface area contributed by atoms with Gasteiger partial charge in [0.1, 0.15) is 0 Å². The van der Waals surface area contributed by atoms with E-state index in [4.69, 9.17) is 0 Å². The molecule has 0 bridgehead atoms. The van der Waals surface area contributed by atoms with Crippen molar-refractivity contribution in [3.8, 4) is 0 Å². The van der Waals surface area contributed by atoms with Crippen LogP contribution in [-0.4, -0.2) is 12.1 Å². The minimum absolute atomic E-state index is 0.342. The van der Waals surface area contributed by atoms with Crippen molar-refractivity contribution in [2.45, 2.75) is 39.0 Å². The van der Waals surface area contributed by atoms with Crippen molar-refractivity contribution in [2.75, 3.05) is 4.90 Å². The fraction of sp³-hybridized carbons (Fsp3) is 0.231. The number of hydrogen-bond acceptors (Lipinski definition) is 3. The molecule has 0 aromatic heterocycles. The van der Waals surface area contributed by atoms with Gasteiger partial charge < -0.3 is 4.90 Å². The molecule has 0 radical (unpaired) electrons. The summed E-state index contributed by atoms with van der Waals surface area (Å²) in [5.41, 5.74) is 6.82. The lowest BCUT2D eigenvalue weighted by Gasteiger charge is -2.19. The van der Waals surface area contributed by atoms with Crippen LogP contribution in [-0.2, 0) is 19.3 Å². The Hall–Kier alpha value is -3.61. The van der Waals surface area contributed by atoms with Crippen LogP contribution in [0.15, 0.2) is 71.8 Å². The number of carbonyl (C=O) groups excluding carboxylic acids is 1. The van der Waals surface area contributed by atoms with E-state index in [0.717, 1.165) is 28.8 Å². The van der Waals surface area contributed by atoms with Crippen molar-refractivity contribution in [1.29, 1.82) is 0 Å². The quantitative estimate of drug-likeness (QED) is 0.376. The number of nitrogens with one attached hydrogen (secondary N) is 1. The summed E-state index contributed by atoms with van der Waals surface area (Å²) in [5.74, 6) is 0.102. The van der Waals surface area contributed by atoms with E-state index in [-0.39, 0.29) is 5.91 Å². The Kier molecular flexibility index (Phi) is 6.22. The number of rotatable bonds is 5. The van der Waals surface area contributed by atoms with Crippen LogP contribution in [0.25, 0.3) is 0 Å². The summed E-state index contributed by atoms with van der Waals surface area (Å²) in [6.07, 6.45) is -2.80. The first-order valence-corrected chi connectivity index (χ1v) is 10.7. The van der Waals surface area contributed by atoms with E-state index in [0.29, 0.717) is 30.3 Å². The molecule has 33 heavy (non-hydrogen) atoms. The number of fused-ring (bicyclic) bond motifs is 1. The molecule has 7 heteroatoms. The molecule has 1 aliphatic heterocycles. The summed E-state index contributed by atoms with van der Waals surface area (Å²) in [6.45, 7) is 5.17. The van der Waals surface area contributed by atoms with Crippen LogP contribution in [0.5, 0.6) is 0 Å². The Bertz CT molecular complexity index is 1180. The lowest BCUT2D eigenvalue weighted by molar-refractivity contribution is -0.137. The molecule has 1 aliphatic rings. The minimum atomic E-state index is -4.38. The molecule has 4 nitrogen and oxygen atoms in total. The van der Waals surface area contributed by atoms with Crippen LogP contribution in [0.2, 0.25) is 0 Å². The van der Waals surface area contributed by atoms with E-state index in [1.165, 1.54) is 11.6 Å². The number of halogens is 3. The molecule has 0 saturated carbocycles. The first-order chi connectivity index (χ1) is 15.7. The molecule has 0 saturated heterocycles. The van der Waals surface area contributed by atoms with Crippen LogP contribution in [0.1, 0.15) is 57.9 Å². The van der Waals surface area contributed by atoms with Crippen molar-refractivity contribution >= 4 is 17.8 Å². The summed E-state index contributed by atoms with van der Waals surface area (Å²) in [7, 11) is 0. The molecule has 1 amide bonds. The van der Waals surface area contributed by atoms with Gasteiger partial charge in [-0.15, -0.1) is 0 Å². The zero-order valence-corrected chi connectivity index (χ0v) is 18.4. The van der Waals surface area contributed by atoms with Gasteiger partial charge in [-0.3, -0.25) is 4.79 Å². The summed E-state index contributed by atoms with van der Waals surface area (Å²) in [5, 5.41) is 4.04. The Labute approximate surface area is 190 Å². The van der Waals surface area contributed by atoms with Crippen LogP contribution < -0.4 is 10.3 Å². The Morgan fingerprint density at radius 2 is 1.73 bits per heavy atom. The lowest BCUT2D eigenvalue weighted by atomic mass is 10.0. The van der Waals surface area contributed by atoms with E-state index in [1.54, 1.807) is 24.4 Å². The SMILES string of the molecule is CC(C)c1ccc(/C=N/NC(=O)c2ccc3c(c2)CN(c2cccc(C(F)(F)F)c2)C3)cc1. The molecule has 3 aromatic carbocycles. The van der Waals surface area contributed by atoms with E-state index in [2.05, 4.69) is 24.4 Å². The van der Waals surface area contributed by atoms with Crippen molar-refractivity contribution in [2.24, 2.45) is 5.10 Å². The second-order valence-corrected chi connectivity index (χ2v) is 8.41. The second-order valence-electron chi connectivity index (χ2n) is 8.41. The predicted molar refractivity (Wildman–Crippen MR) is 123 cm³/mol. The molecule has 0 unspecified atom stereocenters. The molecule has 0 atom stereocenters. The number of nitrogens with zero attached hydrogens (tertiary/aromatic N) is 2. The normalized spacial score (nSPS) is 13.6. The number of alkyl halides is 3. The molecule has 3 aromatic rings. The number of hydrogen-bond donors (Lipinski definition) is 1. The summed E-state index contributed by atoms with van der Waals surface area (Å²) in [4.78, 5) is 14.4. The Morgan fingerprint density at radius 1 is 1.00 bits per heavy atom. The summed E-state index contributed by atoms with van der Waals surface area (Å²) < 4.78 is 39.1. The molecule has 0 spiro atoms. The highest BCUT2D eigenvalue weighted by atomic mass is 19.4. The van der Waals surface area contributed by atoms with Crippen LogP contribution >= 0.6 is 0 Å². The van der Waals surface area contributed by atoms with Crippen molar-refractivity contribution in [3.05, 3.63) is 100 Å². The highest BCUT2D eigenvalue weighted by molar-refractivity contribution is 5.95. The van der Waals surface area contributed by atoms with Gasteiger partial charge in [0.15, 0.2) is 0 Å². The topological polar surface area (TPSA) is 44.7 Å². The fourth-order valence-corrected chi connectivity index (χ4v) is 3.79. The molecular weight excluding hydrogens is 427 g/mol. The van der Waals surface area contributed by atoms with Gasteiger partial charge in [0.2, 0.25) is 0 Å². The zero-order valence-electron chi connectivity index (χ0n) is 18.4. The smallest absolute Gasteiger partial charge is 0.363 e. The highest BCUT2D eigenvalue weighted by Crippen LogP contribution is 2.34. The average Bonchev–Trinajstić information content (AvgIpc) is 3.22. The van der Waals surface area contributed by atoms with Gasteiger partial charge in [0.05, 0.1) is 11.8 Å². The molecule has 170 valence electrons. The Balaban J connectivity index is 1.41. The van der Waals surface area contributed by atoms with E-state index >= 15 is 0 Å². The van der Waals surface area contributed by atoms with Gasteiger partial charge in [-0.25, -0.2) is 5.43 Å². The third-order valence-corrected chi connectivity index (χ3v) is 5.71. The summed E-state index contributed by atoms with van der Waals surface area (Å²) >= 11 is 0. The minimum Gasteiger partial charge on any atom is -0.363 e. The van der Waals surface area contributed by atoms with Gasteiger partial charge in [0, 0.05) is 24.3 Å². The first-order valence-electron chi connectivity index (χ1n) is 10.7. The third-order valence-electron chi connectivity index (χ3n) is 5.71. The van der Waals surface area contributed by atoms with Gasteiger partial charge in [-0.05, 0) is 58.5 Å². The van der Waals surface area contributed by atoms with Crippen LogP contribution in [0, 0.1) is 0 Å². The number of hydrazone groups is 1. The number of benzene rings is 3. The number of amides is 1.